The molecule has 4 rings (SSSR count). The first-order valence-corrected chi connectivity index (χ1v) is 8.28. The fourth-order valence-electron chi connectivity index (χ4n) is 2.85. The summed E-state index contributed by atoms with van der Waals surface area (Å²) in [6, 6.07) is 12.4. The predicted octanol–water partition coefficient (Wildman–Crippen LogP) is 2.58. The van der Waals surface area contributed by atoms with Gasteiger partial charge in [-0.1, -0.05) is 23.3 Å². The lowest BCUT2D eigenvalue weighted by Crippen LogP contribution is -2.36. The molecule has 25 heavy (non-hydrogen) atoms. The Morgan fingerprint density at radius 3 is 2.64 bits per heavy atom. The molecule has 0 radical (unpaired) electrons. The Kier molecular flexibility index (Phi) is 4.56. The summed E-state index contributed by atoms with van der Waals surface area (Å²) in [5.41, 5.74) is 3.25. The fraction of sp³-hybridized carbons (Fsp3) is 0.278. The zero-order valence-electron chi connectivity index (χ0n) is 13.8. The standard InChI is InChI=1S/C18H19N5O2/c1-2-4-16(23-9-11-24-12-10-23)15(3-1)13-20-18-22-21-17(25-18)14-5-7-19-8-6-14/h1-8H,9-13H2,(H,20,22). The maximum absolute atomic E-state index is 5.68. The van der Waals surface area contributed by atoms with E-state index in [0.717, 1.165) is 31.9 Å². The number of hydrogen-bond donors (Lipinski definition) is 1. The Labute approximate surface area is 145 Å². The van der Waals surface area contributed by atoms with E-state index in [-0.39, 0.29) is 0 Å². The maximum Gasteiger partial charge on any atom is 0.316 e. The zero-order chi connectivity index (χ0) is 16.9. The molecule has 1 N–H and O–H groups in total. The lowest BCUT2D eigenvalue weighted by molar-refractivity contribution is 0.122. The zero-order valence-corrected chi connectivity index (χ0v) is 13.8. The normalized spacial score (nSPS) is 14.5. The SMILES string of the molecule is c1ccc(N2CCOCC2)c(CNc2nnc(-c3ccncc3)o2)c1. The summed E-state index contributed by atoms with van der Waals surface area (Å²) < 4.78 is 11.1. The van der Waals surface area contributed by atoms with Crippen molar-refractivity contribution in [3.8, 4) is 11.5 Å². The van der Waals surface area contributed by atoms with E-state index >= 15 is 0 Å². The number of nitrogens with one attached hydrogen (secondary N) is 1. The van der Waals surface area contributed by atoms with Crippen molar-refractivity contribution in [2.75, 3.05) is 36.5 Å². The summed E-state index contributed by atoms with van der Waals surface area (Å²) in [5.74, 6) is 0.478. The minimum absolute atomic E-state index is 0.406. The molecule has 0 atom stereocenters. The number of benzene rings is 1. The van der Waals surface area contributed by atoms with E-state index in [2.05, 4.69) is 43.6 Å². The largest absolute Gasteiger partial charge is 0.403 e. The summed E-state index contributed by atoms with van der Waals surface area (Å²) in [6.45, 7) is 3.96. The van der Waals surface area contributed by atoms with Crippen LogP contribution in [-0.4, -0.2) is 41.5 Å². The van der Waals surface area contributed by atoms with Gasteiger partial charge in [0.1, 0.15) is 0 Å². The van der Waals surface area contributed by atoms with Crippen LogP contribution in [0.3, 0.4) is 0 Å². The van der Waals surface area contributed by atoms with Gasteiger partial charge < -0.3 is 19.4 Å². The number of nitrogens with zero attached hydrogens (tertiary/aromatic N) is 4. The molecule has 1 aliphatic heterocycles. The molecule has 3 heterocycles. The van der Waals surface area contributed by atoms with Crippen LogP contribution in [0, 0.1) is 0 Å². The molecule has 0 bridgehead atoms. The van der Waals surface area contributed by atoms with Crippen molar-refractivity contribution in [2.24, 2.45) is 0 Å². The molecule has 1 fully saturated rings. The van der Waals surface area contributed by atoms with E-state index in [1.807, 2.05) is 18.2 Å². The van der Waals surface area contributed by atoms with Crippen molar-refractivity contribution in [3.63, 3.8) is 0 Å². The van der Waals surface area contributed by atoms with Gasteiger partial charge in [-0.2, -0.15) is 0 Å². The Bertz CT molecular complexity index is 815. The van der Waals surface area contributed by atoms with Crippen LogP contribution in [-0.2, 0) is 11.3 Å². The van der Waals surface area contributed by atoms with Crippen molar-refractivity contribution >= 4 is 11.7 Å². The number of rotatable bonds is 5. The third-order valence-corrected chi connectivity index (χ3v) is 4.13. The summed E-state index contributed by atoms with van der Waals surface area (Å²) in [7, 11) is 0. The van der Waals surface area contributed by atoms with E-state index in [9.17, 15) is 0 Å². The van der Waals surface area contributed by atoms with Gasteiger partial charge in [0, 0.05) is 43.3 Å². The van der Waals surface area contributed by atoms with Crippen LogP contribution in [0.5, 0.6) is 0 Å². The van der Waals surface area contributed by atoms with Gasteiger partial charge in [-0.15, -0.1) is 5.10 Å². The van der Waals surface area contributed by atoms with Crippen LogP contribution in [0.15, 0.2) is 53.2 Å². The highest BCUT2D eigenvalue weighted by Crippen LogP contribution is 2.23. The second-order valence-corrected chi connectivity index (χ2v) is 5.73. The van der Waals surface area contributed by atoms with Crippen LogP contribution in [0.4, 0.5) is 11.7 Å². The quantitative estimate of drug-likeness (QED) is 0.767. The van der Waals surface area contributed by atoms with Gasteiger partial charge in [-0.3, -0.25) is 4.98 Å². The number of hydrogen-bond acceptors (Lipinski definition) is 7. The highest BCUT2D eigenvalue weighted by atomic mass is 16.5. The number of anilines is 2. The highest BCUT2D eigenvalue weighted by molar-refractivity contribution is 5.55. The van der Waals surface area contributed by atoms with Gasteiger partial charge in [0.2, 0.25) is 5.89 Å². The Morgan fingerprint density at radius 2 is 1.80 bits per heavy atom. The van der Waals surface area contributed by atoms with E-state index in [4.69, 9.17) is 9.15 Å². The topological polar surface area (TPSA) is 76.3 Å². The molecule has 1 aliphatic rings. The summed E-state index contributed by atoms with van der Waals surface area (Å²) in [6.07, 6.45) is 3.40. The van der Waals surface area contributed by atoms with Crippen molar-refractivity contribution in [3.05, 3.63) is 54.4 Å². The van der Waals surface area contributed by atoms with Crippen LogP contribution >= 0.6 is 0 Å². The smallest absolute Gasteiger partial charge is 0.316 e. The third kappa shape index (κ3) is 3.61. The number of aromatic nitrogens is 3. The second kappa shape index (κ2) is 7.31. The van der Waals surface area contributed by atoms with Gasteiger partial charge in [-0.05, 0) is 23.8 Å². The molecule has 2 aromatic heterocycles. The maximum atomic E-state index is 5.68. The monoisotopic (exact) mass is 337 g/mol. The lowest BCUT2D eigenvalue weighted by atomic mass is 10.1. The average Bonchev–Trinajstić information content (AvgIpc) is 3.17. The van der Waals surface area contributed by atoms with E-state index in [1.54, 1.807) is 12.4 Å². The first-order chi connectivity index (χ1) is 12.4. The number of pyridine rings is 1. The molecule has 0 unspecified atom stereocenters. The van der Waals surface area contributed by atoms with E-state index in [1.165, 1.54) is 11.3 Å². The minimum atomic E-state index is 0.406. The number of ether oxygens (including phenoxy) is 1. The Hall–Kier alpha value is -2.93. The molecule has 3 aromatic rings. The molecule has 1 saturated heterocycles. The molecule has 0 saturated carbocycles. The Morgan fingerprint density at radius 1 is 1.00 bits per heavy atom. The van der Waals surface area contributed by atoms with Gasteiger partial charge in [0.15, 0.2) is 0 Å². The lowest BCUT2D eigenvalue weighted by Gasteiger charge is -2.30. The molecule has 1 aromatic carbocycles. The average molecular weight is 337 g/mol. The third-order valence-electron chi connectivity index (χ3n) is 4.13. The van der Waals surface area contributed by atoms with Crippen molar-refractivity contribution < 1.29 is 9.15 Å². The summed E-state index contributed by atoms with van der Waals surface area (Å²) in [5, 5.41) is 11.4. The summed E-state index contributed by atoms with van der Waals surface area (Å²) in [4.78, 5) is 6.33. The van der Waals surface area contributed by atoms with Crippen LogP contribution in [0.1, 0.15) is 5.56 Å². The van der Waals surface area contributed by atoms with Crippen LogP contribution in [0.2, 0.25) is 0 Å². The van der Waals surface area contributed by atoms with E-state index < -0.39 is 0 Å². The molecule has 128 valence electrons. The van der Waals surface area contributed by atoms with Crippen molar-refractivity contribution in [1.29, 1.82) is 0 Å². The molecule has 0 amide bonds. The first-order valence-electron chi connectivity index (χ1n) is 8.28. The molecule has 0 spiro atoms. The van der Waals surface area contributed by atoms with Gasteiger partial charge in [0.25, 0.3) is 0 Å². The molecular weight excluding hydrogens is 318 g/mol. The molecule has 7 heteroatoms. The van der Waals surface area contributed by atoms with Gasteiger partial charge >= 0.3 is 6.01 Å². The second-order valence-electron chi connectivity index (χ2n) is 5.73. The first kappa shape index (κ1) is 15.6. The van der Waals surface area contributed by atoms with Crippen LogP contribution in [0.25, 0.3) is 11.5 Å². The van der Waals surface area contributed by atoms with Crippen molar-refractivity contribution in [2.45, 2.75) is 6.54 Å². The van der Waals surface area contributed by atoms with Crippen LogP contribution < -0.4 is 10.2 Å². The highest BCUT2D eigenvalue weighted by Gasteiger charge is 2.15. The summed E-state index contributed by atoms with van der Waals surface area (Å²) >= 11 is 0. The van der Waals surface area contributed by atoms with E-state index in [0.29, 0.717) is 18.5 Å². The molecule has 0 aliphatic carbocycles. The molecule has 7 nitrogen and oxygen atoms in total. The number of para-hydroxylation sites is 1. The van der Waals surface area contributed by atoms with Crippen molar-refractivity contribution in [1.82, 2.24) is 15.2 Å². The molecular formula is C18H19N5O2. The predicted molar refractivity (Wildman–Crippen MR) is 94.3 cm³/mol. The Balaban J connectivity index is 1.46. The number of morpholine rings is 1. The van der Waals surface area contributed by atoms with Gasteiger partial charge in [-0.25, -0.2) is 0 Å². The fourth-order valence-corrected chi connectivity index (χ4v) is 2.85. The van der Waals surface area contributed by atoms with Gasteiger partial charge in [0.05, 0.1) is 13.2 Å². The minimum Gasteiger partial charge on any atom is -0.403 e.